The molecule has 0 saturated carbocycles. The van der Waals surface area contributed by atoms with Crippen LogP contribution in [0.25, 0.3) is 0 Å². The normalized spacial score (nSPS) is 11.5. The minimum absolute atomic E-state index is 0.857. The summed E-state index contributed by atoms with van der Waals surface area (Å²) in [5, 5.41) is 0. The third-order valence-electron chi connectivity index (χ3n) is 1.99. The van der Waals surface area contributed by atoms with Gasteiger partial charge in [-0.05, 0) is 25.5 Å². The van der Waals surface area contributed by atoms with Crippen LogP contribution in [0.2, 0.25) is 0 Å². The summed E-state index contributed by atoms with van der Waals surface area (Å²) in [5.41, 5.74) is 2.14. The smallest absolute Gasteiger partial charge is 0.121 e. The first kappa shape index (κ1) is 10.8. The zero-order valence-electron chi connectivity index (χ0n) is 9.08. The van der Waals surface area contributed by atoms with E-state index in [4.69, 9.17) is 4.74 Å². The molecular weight excluding hydrogens is 174 g/mol. The van der Waals surface area contributed by atoms with E-state index in [0.29, 0.717) is 0 Å². The molecule has 0 aliphatic rings. The average Bonchev–Trinajstić information content (AvgIpc) is 2.18. The summed E-state index contributed by atoms with van der Waals surface area (Å²) < 4.78 is 5.13. The van der Waals surface area contributed by atoms with Gasteiger partial charge >= 0.3 is 0 Å². The lowest BCUT2D eigenvalue weighted by Crippen LogP contribution is -1.88. The van der Waals surface area contributed by atoms with Crippen LogP contribution in [-0.4, -0.2) is 12.8 Å². The third-order valence-corrected chi connectivity index (χ3v) is 1.99. The van der Waals surface area contributed by atoms with Crippen molar-refractivity contribution in [2.24, 2.45) is 4.99 Å². The second kappa shape index (κ2) is 5.43. The summed E-state index contributed by atoms with van der Waals surface area (Å²) in [7, 11) is 1.67. The first-order valence-corrected chi connectivity index (χ1v) is 4.94. The summed E-state index contributed by atoms with van der Waals surface area (Å²) >= 11 is 0. The van der Waals surface area contributed by atoms with E-state index in [0.717, 1.165) is 24.3 Å². The second-order valence-electron chi connectivity index (χ2n) is 3.30. The van der Waals surface area contributed by atoms with Gasteiger partial charge in [0.2, 0.25) is 0 Å². The molecule has 76 valence electrons. The number of ether oxygens (including phenoxy) is 1. The predicted molar refractivity (Wildman–Crippen MR) is 60.7 cm³/mol. The highest BCUT2D eigenvalue weighted by atomic mass is 16.5. The van der Waals surface area contributed by atoms with Crippen molar-refractivity contribution in [1.29, 1.82) is 0 Å². The van der Waals surface area contributed by atoms with E-state index in [1.165, 1.54) is 5.71 Å². The highest BCUT2D eigenvalue weighted by Gasteiger charge is 1.94. The van der Waals surface area contributed by atoms with Crippen LogP contribution in [0, 0.1) is 0 Å². The Bertz CT molecular complexity index is 318. The van der Waals surface area contributed by atoms with Gasteiger partial charge in [-0.15, -0.1) is 0 Å². The standard InChI is InChI=1S/C12H17NO/c1-4-6-10(2)13-11-7-5-8-12(9-11)14-3/h5,7-9H,4,6H2,1-3H3. The monoisotopic (exact) mass is 191 g/mol. The second-order valence-corrected chi connectivity index (χ2v) is 3.30. The minimum atomic E-state index is 0.857. The van der Waals surface area contributed by atoms with Crippen molar-refractivity contribution >= 4 is 11.4 Å². The van der Waals surface area contributed by atoms with Gasteiger partial charge in [-0.2, -0.15) is 0 Å². The highest BCUT2D eigenvalue weighted by Crippen LogP contribution is 2.19. The SMILES string of the molecule is CCCC(C)=Nc1cccc(OC)c1. The van der Waals surface area contributed by atoms with E-state index in [-0.39, 0.29) is 0 Å². The van der Waals surface area contributed by atoms with Crippen LogP contribution in [0.15, 0.2) is 29.3 Å². The van der Waals surface area contributed by atoms with Crippen molar-refractivity contribution in [3.05, 3.63) is 24.3 Å². The molecule has 1 aromatic rings. The lowest BCUT2D eigenvalue weighted by molar-refractivity contribution is 0.415. The number of aliphatic imine (C=N–C) groups is 1. The molecule has 0 spiro atoms. The molecule has 1 aromatic carbocycles. The van der Waals surface area contributed by atoms with Crippen LogP contribution in [0.5, 0.6) is 5.75 Å². The van der Waals surface area contributed by atoms with Gasteiger partial charge < -0.3 is 4.74 Å². The maximum Gasteiger partial charge on any atom is 0.121 e. The van der Waals surface area contributed by atoms with Crippen molar-refractivity contribution in [1.82, 2.24) is 0 Å². The maximum atomic E-state index is 5.13. The predicted octanol–water partition coefficient (Wildman–Crippen LogP) is 3.59. The minimum Gasteiger partial charge on any atom is -0.497 e. The van der Waals surface area contributed by atoms with Gasteiger partial charge in [-0.3, -0.25) is 4.99 Å². The molecule has 0 atom stereocenters. The van der Waals surface area contributed by atoms with Crippen LogP contribution in [-0.2, 0) is 0 Å². The average molecular weight is 191 g/mol. The molecule has 0 saturated heterocycles. The molecule has 14 heavy (non-hydrogen) atoms. The number of nitrogens with zero attached hydrogens (tertiary/aromatic N) is 1. The van der Waals surface area contributed by atoms with E-state index in [9.17, 15) is 0 Å². The molecule has 0 heterocycles. The molecule has 0 aliphatic heterocycles. The Morgan fingerprint density at radius 3 is 2.86 bits per heavy atom. The van der Waals surface area contributed by atoms with E-state index in [1.807, 2.05) is 24.3 Å². The van der Waals surface area contributed by atoms with Crippen molar-refractivity contribution < 1.29 is 4.74 Å². The van der Waals surface area contributed by atoms with Crippen molar-refractivity contribution in [2.45, 2.75) is 26.7 Å². The first-order valence-electron chi connectivity index (χ1n) is 4.94. The van der Waals surface area contributed by atoms with Gasteiger partial charge in [0.05, 0.1) is 12.8 Å². The lowest BCUT2D eigenvalue weighted by Gasteiger charge is -2.01. The lowest BCUT2D eigenvalue weighted by atomic mass is 10.2. The summed E-state index contributed by atoms with van der Waals surface area (Å²) in [4.78, 5) is 4.49. The molecule has 0 aromatic heterocycles. The van der Waals surface area contributed by atoms with Crippen molar-refractivity contribution in [2.75, 3.05) is 7.11 Å². The Kier molecular flexibility index (Phi) is 4.17. The first-order chi connectivity index (χ1) is 6.76. The summed E-state index contributed by atoms with van der Waals surface area (Å²) in [5.74, 6) is 0.857. The van der Waals surface area contributed by atoms with Gasteiger partial charge in [0.25, 0.3) is 0 Å². The van der Waals surface area contributed by atoms with E-state index >= 15 is 0 Å². The quantitative estimate of drug-likeness (QED) is 0.666. The van der Waals surface area contributed by atoms with Gasteiger partial charge in [0.15, 0.2) is 0 Å². The molecular formula is C12H17NO. The maximum absolute atomic E-state index is 5.13. The van der Waals surface area contributed by atoms with E-state index in [2.05, 4.69) is 18.8 Å². The van der Waals surface area contributed by atoms with E-state index < -0.39 is 0 Å². The molecule has 0 bridgehead atoms. The fraction of sp³-hybridized carbons (Fsp3) is 0.417. The Hall–Kier alpha value is -1.31. The number of hydrogen-bond acceptors (Lipinski definition) is 2. The fourth-order valence-electron chi connectivity index (χ4n) is 1.32. The molecule has 0 radical (unpaired) electrons. The Morgan fingerprint density at radius 1 is 1.43 bits per heavy atom. The number of benzene rings is 1. The zero-order valence-corrected chi connectivity index (χ0v) is 9.08. The van der Waals surface area contributed by atoms with Gasteiger partial charge in [-0.1, -0.05) is 19.4 Å². The molecule has 0 N–H and O–H groups in total. The molecule has 1 rings (SSSR count). The topological polar surface area (TPSA) is 21.6 Å². The summed E-state index contributed by atoms with van der Waals surface area (Å²) in [6.07, 6.45) is 2.19. The zero-order chi connectivity index (χ0) is 10.4. The molecule has 2 heteroatoms. The number of rotatable bonds is 4. The molecule has 0 amide bonds. The number of methoxy groups -OCH3 is 1. The molecule has 0 aliphatic carbocycles. The third kappa shape index (κ3) is 3.21. The van der Waals surface area contributed by atoms with Crippen LogP contribution >= 0.6 is 0 Å². The van der Waals surface area contributed by atoms with Gasteiger partial charge in [-0.25, -0.2) is 0 Å². The van der Waals surface area contributed by atoms with Crippen molar-refractivity contribution in [3.63, 3.8) is 0 Å². The van der Waals surface area contributed by atoms with Gasteiger partial charge in [0, 0.05) is 11.8 Å². The van der Waals surface area contributed by atoms with Crippen LogP contribution in [0.3, 0.4) is 0 Å². The number of hydrogen-bond donors (Lipinski definition) is 0. The fourth-order valence-corrected chi connectivity index (χ4v) is 1.32. The Labute approximate surface area is 85.6 Å². The van der Waals surface area contributed by atoms with Crippen LogP contribution in [0.4, 0.5) is 5.69 Å². The van der Waals surface area contributed by atoms with Crippen LogP contribution in [0.1, 0.15) is 26.7 Å². The molecule has 0 fully saturated rings. The summed E-state index contributed by atoms with van der Waals surface area (Å²) in [6, 6.07) is 7.81. The van der Waals surface area contributed by atoms with Gasteiger partial charge in [0.1, 0.15) is 5.75 Å². The van der Waals surface area contributed by atoms with Crippen molar-refractivity contribution in [3.8, 4) is 5.75 Å². The Balaban J connectivity index is 2.80. The Morgan fingerprint density at radius 2 is 2.21 bits per heavy atom. The van der Waals surface area contributed by atoms with Crippen LogP contribution < -0.4 is 4.74 Å². The molecule has 2 nitrogen and oxygen atoms in total. The molecule has 0 unspecified atom stereocenters. The largest absolute Gasteiger partial charge is 0.497 e. The summed E-state index contributed by atoms with van der Waals surface area (Å²) in [6.45, 7) is 4.22. The van der Waals surface area contributed by atoms with E-state index in [1.54, 1.807) is 7.11 Å². The highest BCUT2D eigenvalue weighted by molar-refractivity contribution is 5.84.